The number of rotatable bonds is 3. The zero-order valence-corrected chi connectivity index (χ0v) is 14.4. The van der Waals surface area contributed by atoms with Gasteiger partial charge >= 0.3 is 0 Å². The van der Waals surface area contributed by atoms with Crippen LogP contribution in [0.3, 0.4) is 0 Å². The van der Waals surface area contributed by atoms with Gasteiger partial charge in [0.25, 0.3) is 0 Å². The molecule has 3 aromatic rings. The van der Waals surface area contributed by atoms with E-state index in [9.17, 15) is 0 Å². The van der Waals surface area contributed by atoms with E-state index in [4.69, 9.17) is 21.5 Å². The Morgan fingerprint density at radius 2 is 1.72 bits per heavy atom. The van der Waals surface area contributed by atoms with Crippen molar-refractivity contribution < 1.29 is 9.26 Å². The Labute approximate surface area is 150 Å². The van der Waals surface area contributed by atoms with Crippen molar-refractivity contribution in [3.63, 3.8) is 0 Å². The van der Waals surface area contributed by atoms with Crippen molar-refractivity contribution >= 4 is 45.3 Å². The second-order valence-corrected chi connectivity index (χ2v) is 6.22. The van der Waals surface area contributed by atoms with E-state index in [2.05, 4.69) is 32.8 Å². The first kappa shape index (κ1) is 15.9. The molecule has 1 aromatic heterocycles. The van der Waals surface area contributed by atoms with Crippen molar-refractivity contribution in [1.29, 1.82) is 0 Å². The van der Waals surface area contributed by atoms with Gasteiger partial charge in [-0.3, -0.25) is 0 Å². The van der Waals surface area contributed by atoms with Gasteiger partial charge < -0.3 is 24.8 Å². The van der Waals surface area contributed by atoms with E-state index < -0.39 is 0 Å². The van der Waals surface area contributed by atoms with Gasteiger partial charge in [0, 0.05) is 35.5 Å². The average molecular weight is 354 g/mol. The molecule has 7 heteroatoms. The second kappa shape index (κ2) is 7.08. The number of nitrogens with zero attached hydrogens (tertiary/aromatic N) is 2. The zero-order valence-electron chi connectivity index (χ0n) is 13.6. The molecule has 0 amide bonds. The first-order valence-electron chi connectivity index (χ1n) is 8.13. The van der Waals surface area contributed by atoms with E-state index in [1.807, 2.05) is 30.3 Å². The third-order valence-electron chi connectivity index (χ3n) is 4.12. The van der Waals surface area contributed by atoms with Gasteiger partial charge in [-0.15, -0.1) is 0 Å². The standard InChI is InChI=1S/C18H18N4O2S/c25-18(20-15-2-1-13-12-24-21-17(13)11-15)19-14-3-5-16(6-4-14)22-7-9-23-10-8-22/h1-6,11-12H,7-10H2,(H2,19,20,25). The summed E-state index contributed by atoms with van der Waals surface area (Å²) in [7, 11) is 0. The molecule has 2 heterocycles. The lowest BCUT2D eigenvalue weighted by atomic mass is 10.2. The average Bonchev–Trinajstić information content (AvgIpc) is 3.11. The summed E-state index contributed by atoms with van der Waals surface area (Å²) in [6.07, 6.45) is 1.62. The van der Waals surface area contributed by atoms with Crippen LogP contribution in [-0.2, 0) is 4.74 Å². The summed E-state index contributed by atoms with van der Waals surface area (Å²) in [4.78, 5) is 2.32. The summed E-state index contributed by atoms with van der Waals surface area (Å²) in [5.41, 5.74) is 3.80. The number of hydrogen-bond acceptors (Lipinski definition) is 5. The molecule has 0 unspecified atom stereocenters. The Morgan fingerprint density at radius 1 is 1.00 bits per heavy atom. The molecular formula is C18H18N4O2S. The molecule has 25 heavy (non-hydrogen) atoms. The minimum absolute atomic E-state index is 0.530. The van der Waals surface area contributed by atoms with Gasteiger partial charge in [0.2, 0.25) is 0 Å². The number of aromatic nitrogens is 1. The quantitative estimate of drug-likeness (QED) is 0.698. The summed E-state index contributed by atoms with van der Waals surface area (Å²) in [6, 6.07) is 14.0. The lowest BCUT2D eigenvalue weighted by Gasteiger charge is -2.29. The largest absolute Gasteiger partial charge is 0.378 e. The van der Waals surface area contributed by atoms with Crippen LogP contribution in [0.15, 0.2) is 53.3 Å². The molecule has 2 aromatic carbocycles. The number of morpholine rings is 1. The number of thiocarbonyl (C=S) groups is 1. The van der Waals surface area contributed by atoms with Crippen LogP contribution < -0.4 is 15.5 Å². The smallest absolute Gasteiger partial charge is 0.175 e. The fraction of sp³-hybridized carbons (Fsp3) is 0.222. The van der Waals surface area contributed by atoms with E-state index in [1.165, 1.54) is 5.69 Å². The SMILES string of the molecule is S=C(Nc1ccc(N2CCOCC2)cc1)Nc1ccc2conc2c1. The van der Waals surface area contributed by atoms with Crippen LogP contribution in [0.25, 0.3) is 10.9 Å². The number of ether oxygens (including phenoxy) is 1. The highest BCUT2D eigenvalue weighted by atomic mass is 32.1. The summed E-state index contributed by atoms with van der Waals surface area (Å²) in [6.45, 7) is 3.42. The van der Waals surface area contributed by atoms with Gasteiger partial charge in [0.15, 0.2) is 5.11 Å². The molecule has 1 fully saturated rings. The van der Waals surface area contributed by atoms with Crippen LogP contribution in [0.4, 0.5) is 17.1 Å². The zero-order chi connectivity index (χ0) is 17.1. The maximum Gasteiger partial charge on any atom is 0.175 e. The monoisotopic (exact) mass is 354 g/mol. The first-order valence-corrected chi connectivity index (χ1v) is 8.54. The Balaban J connectivity index is 1.38. The highest BCUT2D eigenvalue weighted by Crippen LogP contribution is 2.20. The Kier molecular flexibility index (Phi) is 4.49. The number of anilines is 3. The summed E-state index contributed by atoms with van der Waals surface area (Å²) < 4.78 is 10.3. The Hall–Kier alpha value is -2.64. The van der Waals surface area contributed by atoms with Crippen LogP contribution in [-0.4, -0.2) is 36.6 Å². The first-order chi connectivity index (χ1) is 12.3. The molecule has 128 valence electrons. The highest BCUT2D eigenvalue weighted by Gasteiger charge is 2.11. The summed E-state index contributed by atoms with van der Waals surface area (Å²) in [5.74, 6) is 0. The van der Waals surface area contributed by atoms with E-state index in [1.54, 1.807) is 6.26 Å². The molecule has 0 spiro atoms. The van der Waals surface area contributed by atoms with Gasteiger partial charge in [0.1, 0.15) is 11.8 Å². The van der Waals surface area contributed by atoms with Crippen LogP contribution >= 0.6 is 12.2 Å². The lowest BCUT2D eigenvalue weighted by Crippen LogP contribution is -2.36. The Morgan fingerprint density at radius 3 is 2.52 bits per heavy atom. The van der Waals surface area contributed by atoms with Crippen molar-refractivity contribution in [1.82, 2.24) is 5.16 Å². The molecule has 0 bridgehead atoms. The van der Waals surface area contributed by atoms with E-state index in [0.717, 1.165) is 48.6 Å². The Bertz CT molecular complexity index is 872. The highest BCUT2D eigenvalue weighted by molar-refractivity contribution is 7.80. The fourth-order valence-corrected chi connectivity index (χ4v) is 3.05. The van der Waals surface area contributed by atoms with Gasteiger partial charge in [-0.1, -0.05) is 5.16 Å². The topological polar surface area (TPSA) is 62.6 Å². The van der Waals surface area contributed by atoms with Gasteiger partial charge in [-0.05, 0) is 54.7 Å². The van der Waals surface area contributed by atoms with Crippen LogP contribution in [0, 0.1) is 0 Å². The second-order valence-electron chi connectivity index (χ2n) is 5.81. The number of benzene rings is 2. The summed E-state index contributed by atoms with van der Waals surface area (Å²) >= 11 is 5.39. The maximum absolute atomic E-state index is 5.39. The minimum Gasteiger partial charge on any atom is -0.378 e. The molecular weight excluding hydrogens is 336 g/mol. The van der Waals surface area contributed by atoms with Crippen molar-refractivity contribution in [2.45, 2.75) is 0 Å². The minimum atomic E-state index is 0.530. The molecule has 1 aliphatic heterocycles. The van der Waals surface area contributed by atoms with Crippen molar-refractivity contribution in [2.75, 3.05) is 41.8 Å². The van der Waals surface area contributed by atoms with Crippen LogP contribution in [0.5, 0.6) is 0 Å². The number of fused-ring (bicyclic) bond motifs is 1. The number of nitrogens with one attached hydrogen (secondary N) is 2. The molecule has 0 aliphatic carbocycles. The van der Waals surface area contributed by atoms with Crippen molar-refractivity contribution in [3.05, 3.63) is 48.7 Å². The molecule has 0 atom stereocenters. The van der Waals surface area contributed by atoms with Gasteiger partial charge in [-0.25, -0.2) is 0 Å². The third-order valence-corrected chi connectivity index (χ3v) is 4.32. The predicted octanol–water partition coefficient (Wildman–Crippen LogP) is 3.47. The van der Waals surface area contributed by atoms with Crippen molar-refractivity contribution in [2.24, 2.45) is 0 Å². The predicted molar refractivity (Wildman–Crippen MR) is 103 cm³/mol. The fourth-order valence-electron chi connectivity index (χ4n) is 2.81. The molecule has 1 saturated heterocycles. The molecule has 4 rings (SSSR count). The van der Waals surface area contributed by atoms with E-state index in [0.29, 0.717) is 5.11 Å². The molecule has 6 nitrogen and oxygen atoms in total. The maximum atomic E-state index is 5.39. The number of hydrogen-bond donors (Lipinski definition) is 2. The van der Waals surface area contributed by atoms with Crippen molar-refractivity contribution in [3.8, 4) is 0 Å². The lowest BCUT2D eigenvalue weighted by molar-refractivity contribution is 0.122. The molecule has 0 radical (unpaired) electrons. The molecule has 2 N–H and O–H groups in total. The van der Waals surface area contributed by atoms with Crippen LogP contribution in [0.2, 0.25) is 0 Å². The molecule has 0 saturated carbocycles. The third kappa shape index (κ3) is 3.72. The van der Waals surface area contributed by atoms with E-state index in [-0.39, 0.29) is 0 Å². The summed E-state index contributed by atoms with van der Waals surface area (Å²) in [5, 5.41) is 11.8. The van der Waals surface area contributed by atoms with E-state index >= 15 is 0 Å². The van der Waals surface area contributed by atoms with Crippen LogP contribution in [0.1, 0.15) is 0 Å². The van der Waals surface area contributed by atoms with Gasteiger partial charge in [-0.2, -0.15) is 0 Å². The molecule has 1 aliphatic rings. The van der Waals surface area contributed by atoms with Gasteiger partial charge in [0.05, 0.1) is 13.2 Å². The normalized spacial score (nSPS) is 14.5.